The Morgan fingerprint density at radius 1 is 0.759 bits per heavy atom. The molecule has 0 N–H and O–H groups in total. The first kappa shape index (κ1) is 19.0. The smallest absolute Gasteiger partial charge is 0.214 e. The predicted molar refractivity (Wildman–Crippen MR) is 115 cm³/mol. The Morgan fingerprint density at radius 3 is 2.21 bits per heavy atom. The van der Waals surface area contributed by atoms with Crippen molar-refractivity contribution in [3.05, 3.63) is 67.1 Å². The Hall–Kier alpha value is -3.34. The van der Waals surface area contributed by atoms with Crippen molar-refractivity contribution in [2.24, 2.45) is 0 Å². The third-order valence-electron chi connectivity index (χ3n) is 4.45. The summed E-state index contributed by atoms with van der Waals surface area (Å²) in [5.74, 6) is 1.49. The van der Waals surface area contributed by atoms with Gasteiger partial charge in [-0.3, -0.25) is 4.40 Å². The van der Waals surface area contributed by atoms with E-state index in [4.69, 9.17) is 9.47 Å². The first-order valence-corrected chi connectivity index (χ1v) is 9.87. The van der Waals surface area contributed by atoms with Crippen LogP contribution in [0.5, 0.6) is 11.6 Å². The van der Waals surface area contributed by atoms with Gasteiger partial charge in [0.15, 0.2) is 0 Å². The highest BCUT2D eigenvalue weighted by molar-refractivity contribution is 5.69. The van der Waals surface area contributed by atoms with Crippen LogP contribution in [0.1, 0.15) is 27.7 Å². The summed E-state index contributed by atoms with van der Waals surface area (Å²) in [4.78, 5) is 8.85. The Bertz CT molecular complexity index is 1110. The number of fused-ring (bicyclic) bond motifs is 1. The molecule has 0 radical (unpaired) electrons. The number of rotatable bonds is 6. The van der Waals surface area contributed by atoms with Crippen molar-refractivity contribution in [2.45, 2.75) is 39.9 Å². The standard InChI is InChI=1S/C24H25N3O2/c1-16(2)28-21-8-5-18(6-9-21)20-7-10-23-26-14-22(27(23)15-20)19-11-12-25-24(13-19)29-17(3)4/h5-17H,1-4H3. The molecular formula is C24H25N3O2. The van der Waals surface area contributed by atoms with Gasteiger partial charge in [0.2, 0.25) is 5.88 Å². The second kappa shape index (κ2) is 7.95. The van der Waals surface area contributed by atoms with Crippen molar-refractivity contribution in [3.8, 4) is 34.0 Å². The summed E-state index contributed by atoms with van der Waals surface area (Å²) in [5.41, 5.74) is 5.15. The lowest BCUT2D eigenvalue weighted by Crippen LogP contribution is -2.06. The van der Waals surface area contributed by atoms with E-state index in [0.29, 0.717) is 5.88 Å². The quantitative estimate of drug-likeness (QED) is 0.430. The fraction of sp³-hybridized carbons (Fsp3) is 0.250. The topological polar surface area (TPSA) is 48.7 Å². The van der Waals surface area contributed by atoms with Crippen LogP contribution in [0.3, 0.4) is 0 Å². The molecule has 3 aromatic heterocycles. The Labute approximate surface area is 171 Å². The molecule has 0 unspecified atom stereocenters. The highest BCUT2D eigenvalue weighted by Gasteiger charge is 2.10. The maximum Gasteiger partial charge on any atom is 0.214 e. The van der Waals surface area contributed by atoms with Crippen molar-refractivity contribution in [1.82, 2.24) is 14.4 Å². The second-order valence-electron chi connectivity index (χ2n) is 7.53. The summed E-state index contributed by atoms with van der Waals surface area (Å²) in [5, 5.41) is 0. The molecule has 0 aliphatic carbocycles. The first-order valence-electron chi connectivity index (χ1n) is 9.87. The number of ether oxygens (including phenoxy) is 2. The van der Waals surface area contributed by atoms with Crippen LogP contribution in [0, 0.1) is 0 Å². The molecule has 4 rings (SSSR count). The number of pyridine rings is 2. The van der Waals surface area contributed by atoms with Crippen LogP contribution < -0.4 is 9.47 Å². The van der Waals surface area contributed by atoms with Gasteiger partial charge in [0.05, 0.1) is 24.1 Å². The Morgan fingerprint density at radius 2 is 1.48 bits per heavy atom. The van der Waals surface area contributed by atoms with Crippen LogP contribution in [0.4, 0.5) is 0 Å². The summed E-state index contributed by atoms with van der Waals surface area (Å²) in [6, 6.07) is 16.2. The van der Waals surface area contributed by atoms with Crippen molar-refractivity contribution in [2.75, 3.05) is 0 Å². The monoisotopic (exact) mass is 387 g/mol. The van der Waals surface area contributed by atoms with E-state index in [9.17, 15) is 0 Å². The molecule has 148 valence electrons. The van der Waals surface area contributed by atoms with Crippen LogP contribution in [0.2, 0.25) is 0 Å². The molecule has 0 aliphatic heterocycles. The van der Waals surface area contributed by atoms with Crippen LogP contribution in [-0.2, 0) is 0 Å². The highest BCUT2D eigenvalue weighted by atomic mass is 16.5. The van der Waals surface area contributed by atoms with Crippen LogP contribution in [0.25, 0.3) is 28.0 Å². The molecule has 29 heavy (non-hydrogen) atoms. The minimum atomic E-state index is 0.0779. The van der Waals surface area contributed by atoms with E-state index in [1.165, 1.54) is 0 Å². The molecule has 0 fully saturated rings. The number of hydrogen-bond acceptors (Lipinski definition) is 4. The zero-order valence-corrected chi connectivity index (χ0v) is 17.2. The third kappa shape index (κ3) is 4.24. The van der Waals surface area contributed by atoms with Gasteiger partial charge >= 0.3 is 0 Å². The van der Waals surface area contributed by atoms with E-state index in [2.05, 4.69) is 38.8 Å². The zero-order chi connectivity index (χ0) is 20.4. The van der Waals surface area contributed by atoms with E-state index in [1.54, 1.807) is 6.20 Å². The van der Waals surface area contributed by atoms with Gasteiger partial charge in [-0.15, -0.1) is 0 Å². The number of benzene rings is 1. The van der Waals surface area contributed by atoms with Gasteiger partial charge < -0.3 is 9.47 Å². The minimum Gasteiger partial charge on any atom is -0.491 e. The Balaban J connectivity index is 1.70. The average molecular weight is 387 g/mol. The molecule has 0 saturated heterocycles. The van der Waals surface area contributed by atoms with Gasteiger partial charge in [-0.2, -0.15) is 0 Å². The lowest BCUT2D eigenvalue weighted by Gasteiger charge is -2.11. The molecular weight excluding hydrogens is 362 g/mol. The molecule has 3 heterocycles. The van der Waals surface area contributed by atoms with Gasteiger partial charge in [0.25, 0.3) is 0 Å². The van der Waals surface area contributed by atoms with E-state index >= 15 is 0 Å². The minimum absolute atomic E-state index is 0.0779. The zero-order valence-electron chi connectivity index (χ0n) is 17.2. The van der Waals surface area contributed by atoms with Crippen molar-refractivity contribution >= 4 is 5.65 Å². The number of hydrogen-bond donors (Lipinski definition) is 0. The molecule has 4 aromatic rings. The van der Waals surface area contributed by atoms with Crippen LogP contribution in [0.15, 0.2) is 67.1 Å². The van der Waals surface area contributed by atoms with Crippen molar-refractivity contribution < 1.29 is 9.47 Å². The maximum atomic E-state index is 5.75. The van der Waals surface area contributed by atoms with Crippen LogP contribution in [-0.4, -0.2) is 26.6 Å². The molecule has 5 heteroatoms. The van der Waals surface area contributed by atoms with Crippen molar-refractivity contribution in [3.63, 3.8) is 0 Å². The maximum absolute atomic E-state index is 5.75. The lowest BCUT2D eigenvalue weighted by molar-refractivity contribution is 0.233. The molecule has 0 atom stereocenters. The van der Waals surface area contributed by atoms with Gasteiger partial charge in [-0.05, 0) is 69.2 Å². The summed E-state index contributed by atoms with van der Waals surface area (Å²) >= 11 is 0. The van der Waals surface area contributed by atoms with E-state index < -0.39 is 0 Å². The molecule has 1 aromatic carbocycles. The van der Waals surface area contributed by atoms with E-state index in [0.717, 1.165) is 33.8 Å². The molecule has 0 aliphatic rings. The van der Waals surface area contributed by atoms with E-state index in [1.807, 2.05) is 64.2 Å². The van der Waals surface area contributed by atoms with Gasteiger partial charge in [-0.25, -0.2) is 9.97 Å². The fourth-order valence-electron chi connectivity index (χ4n) is 3.24. The molecule has 0 amide bonds. The van der Waals surface area contributed by atoms with Gasteiger partial charge in [-0.1, -0.05) is 12.1 Å². The van der Waals surface area contributed by atoms with Crippen LogP contribution >= 0.6 is 0 Å². The SMILES string of the molecule is CC(C)Oc1ccc(-c2ccc3ncc(-c4ccnc(OC(C)C)c4)n3c2)cc1. The largest absolute Gasteiger partial charge is 0.491 e. The first-order chi connectivity index (χ1) is 14.0. The summed E-state index contributed by atoms with van der Waals surface area (Å²) in [6.45, 7) is 8.04. The third-order valence-corrected chi connectivity index (χ3v) is 4.45. The Kier molecular flexibility index (Phi) is 5.21. The normalized spacial score (nSPS) is 11.4. The average Bonchev–Trinajstić information content (AvgIpc) is 3.11. The van der Waals surface area contributed by atoms with Crippen molar-refractivity contribution in [1.29, 1.82) is 0 Å². The summed E-state index contributed by atoms with van der Waals surface area (Å²) in [7, 11) is 0. The number of nitrogens with zero attached hydrogens (tertiary/aromatic N) is 3. The molecule has 0 saturated carbocycles. The predicted octanol–water partition coefficient (Wildman–Crippen LogP) is 5.64. The van der Waals surface area contributed by atoms with Gasteiger partial charge in [0, 0.05) is 24.0 Å². The summed E-state index contributed by atoms with van der Waals surface area (Å²) in [6.07, 6.45) is 6.00. The number of aromatic nitrogens is 3. The summed E-state index contributed by atoms with van der Waals surface area (Å²) < 4.78 is 13.6. The fourth-order valence-corrected chi connectivity index (χ4v) is 3.24. The molecule has 0 bridgehead atoms. The molecule has 5 nitrogen and oxygen atoms in total. The lowest BCUT2D eigenvalue weighted by atomic mass is 10.1. The molecule has 0 spiro atoms. The highest BCUT2D eigenvalue weighted by Crippen LogP contribution is 2.28. The van der Waals surface area contributed by atoms with Gasteiger partial charge in [0.1, 0.15) is 11.4 Å². The number of imidazole rings is 1. The van der Waals surface area contributed by atoms with E-state index in [-0.39, 0.29) is 12.2 Å². The second-order valence-corrected chi connectivity index (χ2v) is 7.53.